The van der Waals surface area contributed by atoms with Crippen molar-refractivity contribution in [2.24, 2.45) is 0 Å². The first kappa shape index (κ1) is 44.4. The average molecular weight is 649 g/mol. The van der Waals surface area contributed by atoms with E-state index in [0.717, 1.165) is 51.4 Å². The highest BCUT2D eigenvalue weighted by Gasteiger charge is 2.16. The minimum Gasteiger partial charge on any atom is -0.462 e. The van der Waals surface area contributed by atoms with Crippen LogP contribution in [-0.4, -0.2) is 36.4 Å². The maximum Gasteiger partial charge on any atom is 0.306 e. The molecule has 5 nitrogen and oxygen atoms in total. The second kappa shape index (κ2) is 37.8. The van der Waals surface area contributed by atoms with Gasteiger partial charge in [-0.3, -0.25) is 9.59 Å². The van der Waals surface area contributed by atoms with E-state index in [0.29, 0.717) is 12.8 Å². The van der Waals surface area contributed by atoms with Crippen LogP contribution < -0.4 is 0 Å². The van der Waals surface area contributed by atoms with Gasteiger partial charge in [-0.25, -0.2) is 0 Å². The second-order valence-electron chi connectivity index (χ2n) is 13.4. The van der Waals surface area contributed by atoms with Crippen LogP contribution >= 0.6 is 0 Å². The van der Waals surface area contributed by atoms with Crippen molar-refractivity contribution >= 4 is 11.9 Å². The van der Waals surface area contributed by atoms with Gasteiger partial charge in [0.25, 0.3) is 0 Å². The Hall–Kier alpha value is -1.62. The molecule has 0 aliphatic heterocycles. The Bertz CT molecular complexity index is 701. The van der Waals surface area contributed by atoms with Crippen LogP contribution in [0.1, 0.15) is 206 Å². The standard InChI is InChI=1S/C41H76O5/c1-3-5-7-9-11-13-15-17-19-20-21-22-24-25-27-29-31-33-35-40(43)45-38-39(37-42)46-41(44)36-34-32-30-28-26-23-18-16-14-12-10-8-6-4-2/h10,12,16,18,39,42H,3-9,11,13-15,17,19-38H2,1-2H3/b12-10-,18-16-. The fourth-order valence-corrected chi connectivity index (χ4v) is 5.69. The number of esters is 2. The zero-order valence-corrected chi connectivity index (χ0v) is 30.6. The van der Waals surface area contributed by atoms with Crippen molar-refractivity contribution in [3.05, 3.63) is 24.3 Å². The minimum atomic E-state index is -0.773. The van der Waals surface area contributed by atoms with E-state index in [1.54, 1.807) is 0 Å². The number of aliphatic hydroxyl groups is 1. The second-order valence-corrected chi connectivity index (χ2v) is 13.4. The average Bonchev–Trinajstić information content (AvgIpc) is 3.06. The van der Waals surface area contributed by atoms with Gasteiger partial charge in [-0.2, -0.15) is 0 Å². The van der Waals surface area contributed by atoms with Gasteiger partial charge in [0, 0.05) is 12.8 Å². The number of carbonyl (C=O) groups is 2. The smallest absolute Gasteiger partial charge is 0.306 e. The Kier molecular flexibility index (Phi) is 36.5. The summed E-state index contributed by atoms with van der Waals surface area (Å²) >= 11 is 0. The van der Waals surface area contributed by atoms with Gasteiger partial charge in [0.2, 0.25) is 0 Å². The molecule has 1 atom stereocenters. The minimum absolute atomic E-state index is 0.0673. The monoisotopic (exact) mass is 649 g/mol. The molecule has 0 amide bonds. The largest absolute Gasteiger partial charge is 0.462 e. The summed E-state index contributed by atoms with van der Waals surface area (Å²) in [5.41, 5.74) is 0. The number of hydrogen-bond acceptors (Lipinski definition) is 5. The van der Waals surface area contributed by atoms with E-state index >= 15 is 0 Å². The third-order valence-corrected chi connectivity index (χ3v) is 8.75. The van der Waals surface area contributed by atoms with Gasteiger partial charge in [-0.15, -0.1) is 0 Å². The molecule has 1 N–H and O–H groups in total. The van der Waals surface area contributed by atoms with Crippen LogP contribution in [0.15, 0.2) is 24.3 Å². The van der Waals surface area contributed by atoms with Crippen molar-refractivity contribution in [1.82, 2.24) is 0 Å². The molecule has 0 bridgehead atoms. The van der Waals surface area contributed by atoms with E-state index in [1.807, 2.05) is 0 Å². The highest BCUT2D eigenvalue weighted by Crippen LogP contribution is 2.15. The van der Waals surface area contributed by atoms with Crippen LogP contribution in [0.3, 0.4) is 0 Å². The molecule has 0 saturated carbocycles. The summed E-state index contributed by atoms with van der Waals surface area (Å²) in [6.45, 7) is 4.10. The number of aliphatic hydroxyl groups excluding tert-OH is 1. The van der Waals surface area contributed by atoms with Crippen LogP contribution in [0.4, 0.5) is 0 Å². The number of rotatable bonds is 36. The number of allylic oxidation sites excluding steroid dienone is 4. The van der Waals surface area contributed by atoms with Gasteiger partial charge in [0.05, 0.1) is 6.61 Å². The van der Waals surface area contributed by atoms with Crippen molar-refractivity contribution in [1.29, 1.82) is 0 Å². The van der Waals surface area contributed by atoms with Crippen LogP contribution in [0.5, 0.6) is 0 Å². The van der Waals surface area contributed by atoms with Crippen LogP contribution in [0, 0.1) is 0 Å². The molecule has 0 aliphatic carbocycles. The van der Waals surface area contributed by atoms with Crippen molar-refractivity contribution in [2.45, 2.75) is 213 Å². The van der Waals surface area contributed by atoms with E-state index in [9.17, 15) is 14.7 Å². The fourth-order valence-electron chi connectivity index (χ4n) is 5.69. The zero-order valence-electron chi connectivity index (χ0n) is 30.6. The summed E-state index contributed by atoms with van der Waals surface area (Å²) in [7, 11) is 0. The van der Waals surface area contributed by atoms with Crippen molar-refractivity contribution in [2.75, 3.05) is 13.2 Å². The normalized spacial score (nSPS) is 12.3. The maximum absolute atomic E-state index is 12.1. The maximum atomic E-state index is 12.1. The van der Waals surface area contributed by atoms with Crippen molar-refractivity contribution < 1.29 is 24.2 Å². The number of ether oxygens (including phenoxy) is 2. The van der Waals surface area contributed by atoms with E-state index in [-0.39, 0.29) is 25.2 Å². The van der Waals surface area contributed by atoms with E-state index < -0.39 is 6.10 Å². The van der Waals surface area contributed by atoms with Crippen LogP contribution in [0.25, 0.3) is 0 Å². The molecule has 5 heteroatoms. The molecule has 0 aromatic rings. The third-order valence-electron chi connectivity index (χ3n) is 8.75. The molecule has 0 aromatic heterocycles. The molecule has 0 heterocycles. The summed E-state index contributed by atoms with van der Waals surface area (Å²) < 4.78 is 10.6. The molecule has 0 fully saturated rings. The number of hydrogen-bond donors (Lipinski definition) is 1. The Morgan fingerprint density at radius 3 is 1.35 bits per heavy atom. The highest BCUT2D eigenvalue weighted by atomic mass is 16.6. The first-order valence-corrected chi connectivity index (χ1v) is 19.9. The lowest BCUT2D eigenvalue weighted by molar-refractivity contribution is -0.161. The quantitative estimate of drug-likeness (QED) is 0.0416. The Balaban J connectivity index is 3.53. The molecule has 0 saturated heterocycles. The van der Waals surface area contributed by atoms with E-state index in [1.165, 1.54) is 128 Å². The molecule has 0 aliphatic rings. The van der Waals surface area contributed by atoms with Gasteiger partial charge in [0.1, 0.15) is 6.61 Å². The Morgan fingerprint density at radius 1 is 0.500 bits per heavy atom. The van der Waals surface area contributed by atoms with Gasteiger partial charge in [-0.1, -0.05) is 179 Å². The first-order valence-electron chi connectivity index (χ1n) is 19.9. The number of unbranched alkanes of at least 4 members (excludes halogenated alkanes) is 24. The van der Waals surface area contributed by atoms with Gasteiger partial charge < -0.3 is 14.6 Å². The first-order chi connectivity index (χ1) is 22.6. The Morgan fingerprint density at radius 2 is 0.891 bits per heavy atom. The third kappa shape index (κ3) is 35.2. The summed E-state index contributed by atoms with van der Waals surface area (Å²) in [6.07, 6.45) is 43.8. The topological polar surface area (TPSA) is 72.8 Å². The SMILES string of the molecule is CCCC/C=C\C/C=C\CCCCCCCC(=O)OC(CO)COC(=O)CCCCCCCCCCCCCCCCCCCC. The summed E-state index contributed by atoms with van der Waals surface area (Å²) in [4.78, 5) is 24.2. The van der Waals surface area contributed by atoms with E-state index in [2.05, 4.69) is 38.2 Å². The van der Waals surface area contributed by atoms with Crippen LogP contribution in [0.2, 0.25) is 0 Å². The predicted molar refractivity (Wildman–Crippen MR) is 196 cm³/mol. The van der Waals surface area contributed by atoms with Gasteiger partial charge >= 0.3 is 11.9 Å². The number of carbonyl (C=O) groups excluding carboxylic acids is 2. The molecular formula is C41H76O5. The summed E-state index contributed by atoms with van der Waals surface area (Å²) in [5.74, 6) is -0.599. The molecule has 270 valence electrons. The van der Waals surface area contributed by atoms with Gasteiger partial charge in [0.15, 0.2) is 6.10 Å². The molecular weight excluding hydrogens is 572 g/mol. The van der Waals surface area contributed by atoms with E-state index in [4.69, 9.17) is 9.47 Å². The Labute approximate surface area is 285 Å². The molecule has 1 unspecified atom stereocenters. The van der Waals surface area contributed by atoms with Crippen LogP contribution in [-0.2, 0) is 19.1 Å². The lowest BCUT2D eigenvalue weighted by Gasteiger charge is -2.15. The zero-order chi connectivity index (χ0) is 33.6. The lowest BCUT2D eigenvalue weighted by Crippen LogP contribution is -2.28. The van der Waals surface area contributed by atoms with Crippen molar-refractivity contribution in [3.8, 4) is 0 Å². The molecule has 0 rings (SSSR count). The fraction of sp³-hybridized carbons (Fsp3) is 0.854. The molecule has 0 spiro atoms. The highest BCUT2D eigenvalue weighted by molar-refractivity contribution is 5.70. The summed E-state index contributed by atoms with van der Waals surface area (Å²) in [6, 6.07) is 0. The predicted octanol–water partition coefficient (Wildman–Crippen LogP) is 12.3. The molecule has 0 radical (unpaired) electrons. The lowest BCUT2D eigenvalue weighted by atomic mass is 10.0. The molecule has 0 aromatic carbocycles. The summed E-state index contributed by atoms with van der Waals surface area (Å²) in [5, 5.41) is 9.54. The van der Waals surface area contributed by atoms with Gasteiger partial charge in [-0.05, 0) is 38.5 Å². The molecule has 46 heavy (non-hydrogen) atoms. The van der Waals surface area contributed by atoms with Crippen molar-refractivity contribution in [3.63, 3.8) is 0 Å².